The van der Waals surface area contributed by atoms with Gasteiger partial charge in [0.2, 0.25) is 5.91 Å². The predicted octanol–water partition coefficient (Wildman–Crippen LogP) is 9.09. The number of hydrazine groups is 1. The van der Waals surface area contributed by atoms with Crippen LogP contribution in [0.4, 0.5) is 10.5 Å². The highest BCUT2D eigenvalue weighted by Gasteiger charge is 2.38. The van der Waals surface area contributed by atoms with Crippen molar-refractivity contribution in [2.24, 2.45) is 17.3 Å². The Labute approximate surface area is 471 Å². The van der Waals surface area contributed by atoms with E-state index in [0.717, 1.165) is 76.4 Å². The third kappa shape index (κ3) is 13.7. The van der Waals surface area contributed by atoms with Crippen molar-refractivity contribution in [3.8, 4) is 28.1 Å². The number of ether oxygens (including phenoxy) is 4. The quantitative estimate of drug-likeness (QED) is 0.0667. The molecule has 0 unspecified atom stereocenters. The van der Waals surface area contributed by atoms with Crippen molar-refractivity contribution in [1.29, 1.82) is 0 Å². The average molecular weight is 1100 g/mol. The molecule has 5 aromatic rings. The first-order valence-electron chi connectivity index (χ1n) is 28.7. The first-order valence-corrected chi connectivity index (χ1v) is 28.7. The third-order valence-corrected chi connectivity index (χ3v) is 15.9. The van der Waals surface area contributed by atoms with Crippen LogP contribution in [0.3, 0.4) is 0 Å². The number of cyclic esters (lactones) is 1. The number of aryl methyl sites for hydroxylation is 1. The van der Waals surface area contributed by atoms with Gasteiger partial charge >= 0.3 is 12.1 Å². The highest BCUT2D eigenvalue weighted by molar-refractivity contribution is 5.98. The van der Waals surface area contributed by atoms with Crippen LogP contribution in [0.25, 0.3) is 33.3 Å². The Morgan fingerprint density at radius 2 is 1.66 bits per heavy atom. The minimum atomic E-state index is -1.15. The van der Waals surface area contributed by atoms with Crippen molar-refractivity contribution in [3.63, 3.8) is 0 Å². The average Bonchev–Trinajstić information content (AvgIpc) is 4.39. The van der Waals surface area contributed by atoms with Gasteiger partial charge in [-0.1, -0.05) is 70.2 Å². The molecule has 3 aromatic carbocycles. The molecule has 2 aromatic heterocycles. The maximum absolute atomic E-state index is 15.0. The summed E-state index contributed by atoms with van der Waals surface area (Å²) in [5.41, 5.74) is 10.6. The Balaban J connectivity index is 1.18. The van der Waals surface area contributed by atoms with Crippen LogP contribution in [0.15, 0.2) is 79.0 Å². The Bertz CT molecular complexity index is 3060. The van der Waals surface area contributed by atoms with E-state index < -0.39 is 52.9 Å². The van der Waals surface area contributed by atoms with Crippen LogP contribution < -0.4 is 25.7 Å². The van der Waals surface area contributed by atoms with E-state index in [-0.39, 0.29) is 50.5 Å². The van der Waals surface area contributed by atoms with E-state index in [2.05, 4.69) is 75.5 Å². The lowest BCUT2D eigenvalue weighted by molar-refractivity contribution is -0.155. The Kier molecular flexibility index (Phi) is 17.7. The molecule has 3 amide bonds. The number of pyridine rings is 1. The molecular weight excluding hydrogens is 1010 g/mol. The van der Waals surface area contributed by atoms with Crippen molar-refractivity contribution < 1.29 is 42.9 Å². The third-order valence-electron chi connectivity index (χ3n) is 15.9. The molecule has 4 atom stereocenters. The SMILES string of the molecule is CCn1c(-c2cc(N3CCN(C4CC4)CC3)cnc2[C@H](C)OC)c2c3cc(ccc31)-c1cc(cc(OCC(=O)c3ccccc3)c1)C[C@H](NC(=O)[C@@H](CNC(=O)OC(C)(C)C)C(C)C)C(=O)N1CCC[C@H](N1)C(=O)OCC(C)(C)C2. The van der Waals surface area contributed by atoms with Crippen molar-refractivity contribution in [3.05, 3.63) is 101 Å². The zero-order valence-electron chi connectivity index (χ0n) is 48.5. The summed E-state index contributed by atoms with van der Waals surface area (Å²) in [5.74, 6) is -2.15. The standard InChI is InChI=1S/C63H82N8O9/c1-11-70-54-22-19-43-32-48(54)50(57(70)49-33-46(35-64-56(49)40(4)77-10)69-26-24-68(25-27-69)45-20-21-45)34-63(8,9)38-79-60(75)52-18-15-23-71(67-52)59(74)53(66-58(73)51(39(2)3)36-65-61(76)80-62(5,6)7)30-41-28-44(43)31-47(29-41)78-37-55(72)42-16-13-12-14-17-42/h12-14,16-17,19,22,28-29,31-33,35,39-40,45,51-53,67H,11,15,18,20-21,23-27,30,34,36-38H2,1-10H3,(H,65,76)(H,66,73)/t40-,51-,52-,53-/m0/s1. The van der Waals surface area contributed by atoms with Crippen molar-refractivity contribution in [2.45, 2.75) is 137 Å². The number of carbonyl (C=O) groups excluding carboxylic acids is 5. The topological polar surface area (TPSA) is 186 Å². The summed E-state index contributed by atoms with van der Waals surface area (Å²) in [4.78, 5) is 80.5. The monoisotopic (exact) mass is 1090 g/mol. The molecule has 5 heterocycles. The number of rotatable bonds is 15. The van der Waals surface area contributed by atoms with Gasteiger partial charge in [0.15, 0.2) is 12.4 Å². The molecule has 4 aliphatic rings. The lowest BCUT2D eigenvalue weighted by Gasteiger charge is -2.36. The van der Waals surface area contributed by atoms with Gasteiger partial charge in [-0.2, -0.15) is 0 Å². The maximum Gasteiger partial charge on any atom is 0.407 e. The lowest BCUT2D eigenvalue weighted by Crippen LogP contribution is -2.61. The molecule has 3 aliphatic heterocycles. The zero-order valence-corrected chi connectivity index (χ0v) is 48.5. The number of hydrogen-bond donors (Lipinski definition) is 3. The smallest absolute Gasteiger partial charge is 0.407 e. The van der Waals surface area contributed by atoms with Gasteiger partial charge in [0, 0.05) is 92.8 Å². The number of amides is 3. The van der Waals surface area contributed by atoms with Crippen LogP contribution in [0, 0.1) is 17.3 Å². The van der Waals surface area contributed by atoms with Crippen molar-refractivity contribution >= 4 is 46.3 Å². The number of carbonyl (C=O) groups is 5. The number of piperazine rings is 1. The van der Waals surface area contributed by atoms with Crippen LogP contribution in [0.2, 0.25) is 0 Å². The van der Waals surface area contributed by atoms with E-state index in [9.17, 15) is 19.2 Å². The van der Waals surface area contributed by atoms with Gasteiger partial charge in [-0.15, -0.1) is 0 Å². The number of nitrogens with one attached hydrogen (secondary N) is 3. The summed E-state index contributed by atoms with van der Waals surface area (Å²) in [5, 5.41) is 8.26. The molecule has 17 heteroatoms. The van der Waals surface area contributed by atoms with Gasteiger partial charge in [-0.3, -0.25) is 34.1 Å². The second-order valence-corrected chi connectivity index (χ2v) is 24.3. The number of Topliss-reactive ketones (excluding diaryl/α,β-unsaturated/α-hetero) is 1. The molecule has 2 saturated heterocycles. The van der Waals surface area contributed by atoms with Gasteiger partial charge in [0.1, 0.15) is 23.4 Å². The largest absolute Gasteiger partial charge is 0.485 e. The number of esters is 1. The number of hydrogen-bond acceptors (Lipinski definition) is 13. The van der Waals surface area contributed by atoms with Crippen molar-refractivity contribution in [2.75, 3.05) is 64.5 Å². The second kappa shape index (κ2) is 24.5. The van der Waals surface area contributed by atoms with Crippen LogP contribution in [0.5, 0.6) is 5.75 Å². The van der Waals surface area contributed by atoms with Crippen LogP contribution in [0.1, 0.15) is 121 Å². The summed E-state index contributed by atoms with van der Waals surface area (Å²) in [6, 6.07) is 22.2. The Morgan fingerprint density at radius 3 is 2.35 bits per heavy atom. The highest BCUT2D eigenvalue weighted by atomic mass is 16.6. The fourth-order valence-corrected chi connectivity index (χ4v) is 11.4. The molecule has 3 N–H and O–H groups in total. The summed E-state index contributed by atoms with van der Waals surface area (Å²) in [6.07, 6.45) is 5.05. The summed E-state index contributed by atoms with van der Waals surface area (Å²) < 4.78 is 26.6. The fraction of sp³-hybridized carbons (Fsp3) is 0.524. The lowest BCUT2D eigenvalue weighted by atomic mass is 9.84. The Hall–Kier alpha value is -6.82. The number of aromatic nitrogens is 2. The van der Waals surface area contributed by atoms with E-state index in [4.69, 9.17) is 23.9 Å². The molecule has 3 fully saturated rings. The van der Waals surface area contributed by atoms with E-state index in [0.29, 0.717) is 48.7 Å². The predicted molar refractivity (Wildman–Crippen MR) is 309 cm³/mol. The van der Waals surface area contributed by atoms with Gasteiger partial charge < -0.3 is 39.0 Å². The molecule has 1 saturated carbocycles. The second-order valence-electron chi connectivity index (χ2n) is 24.3. The van der Waals surface area contributed by atoms with E-state index in [1.807, 2.05) is 63.4 Å². The number of methoxy groups -OCH3 is 1. The number of nitrogens with zero attached hydrogens (tertiary/aromatic N) is 5. The van der Waals surface area contributed by atoms with Crippen LogP contribution in [-0.2, 0) is 48.0 Å². The molecule has 80 heavy (non-hydrogen) atoms. The number of fused-ring (bicyclic) bond motifs is 6. The fourth-order valence-electron chi connectivity index (χ4n) is 11.4. The minimum Gasteiger partial charge on any atom is -0.485 e. The first kappa shape index (κ1) is 57.9. The molecule has 1 aliphatic carbocycles. The molecule has 17 nitrogen and oxygen atoms in total. The van der Waals surface area contributed by atoms with E-state index >= 15 is 4.79 Å². The highest BCUT2D eigenvalue weighted by Crippen LogP contribution is 2.44. The molecule has 9 rings (SSSR count). The summed E-state index contributed by atoms with van der Waals surface area (Å²) in [6.45, 7) is 22.1. The van der Waals surface area contributed by atoms with Crippen molar-refractivity contribution in [1.82, 2.24) is 35.5 Å². The number of alkyl carbamates (subject to hydrolysis) is 1. The summed E-state index contributed by atoms with van der Waals surface area (Å²) in [7, 11) is 1.71. The zero-order chi connectivity index (χ0) is 57.0. The molecular formula is C63H82N8O9. The molecule has 6 bridgehead atoms. The molecule has 0 spiro atoms. The van der Waals surface area contributed by atoms with Crippen LogP contribution in [-0.4, -0.2) is 132 Å². The van der Waals surface area contributed by atoms with Gasteiger partial charge in [-0.05, 0) is 125 Å². The van der Waals surface area contributed by atoms with E-state index in [1.165, 1.54) is 17.9 Å². The summed E-state index contributed by atoms with van der Waals surface area (Å²) >= 11 is 0. The van der Waals surface area contributed by atoms with Gasteiger partial charge in [-0.25, -0.2) is 10.2 Å². The first-order chi connectivity index (χ1) is 38.2. The Morgan fingerprint density at radius 1 is 0.912 bits per heavy atom. The van der Waals surface area contributed by atoms with Crippen LogP contribution >= 0.6 is 0 Å². The number of anilines is 1. The number of ketones is 1. The number of benzene rings is 3. The van der Waals surface area contributed by atoms with Gasteiger partial charge in [0.25, 0.3) is 5.91 Å². The maximum atomic E-state index is 15.0. The van der Waals surface area contributed by atoms with E-state index in [1.54, 1.807) is 40.0 Å². The molecule has 0 radical (unpaired) electrons. The minimum absolute atomic E-state index is 0.0104. The normalized spacial score (nSPS) is 19.9. The van der Waals surface area contributed by atoms with Gasteiger partial charge in [0.05, 0.1) is 41.9 Å². The molecule has 428 valence electrons.